The first-order valence-electron chi connectivity index (χ1n) is 12.3. The van der Waals surface area contributed by atoms with Gasteiger partial charge in [0.25, 0.3) is 11.8 Å². The molecular formula is C30H24F3N3O4S. The van der Waals surface area contributed by atoms with E-state index in [0.29, 0.717) is 23.6 Å². The molecule has 0 bridgehead atoms. The second-order valence-electron chi connectivity index (χ2n) is 8.56. The topological polar surface area (TPSA) is 88.7 Å². The number of hydrogen-bond acceptors (Lipinski definition) is 5. The Morgan fingerprint density at radius 1 is 0.659 bits per heavy atom. The molecule has 0 fully saturated rings. The molecule has 0 saturated heterocycles. The molecule has 41 heavy (non-hydrogen) atoms. The van der Waals surface area contributed by atoms with E-state index in [0.717, 1.165) is 17.9 Å². The second kappa shape index (κ2) is 13.4. The van der Waals surface area contributed by atoms with Crippen LogP contribution < -0.4 is 25.4 Å². The van der Waals surface area contributed by atoms with E-state index < -0.39 is 23.6 Å². The third-order valence-corrected chi connectivity index (χ3v) is 5.72. The van der Waals surface area contributed by atoms with Crippen molar-refractivity contribution in [3.63, 3.8) is 0 Å². The third kappa shape index (κ3) is 8.80. The number of alkyl halides is 3. The Morgan fingerprint density at radius 2 is 1.24 bits per heavy atom. The number of anilines is 2. The smallest absolute Gasteiger partial charge is 0.416 e. The normalized spacial score (nSPS) is 10.8. The molecular weight excluding hydrogens is 555 g/mol. The molecule has 2 amide bonds. The summed E-state index contributed by atoms with van der Waals surface area (Å²) in [6, 6.07) is 26.3. The molecule has 3 N–H and O–H groups in total. The highest BCUT2D eigenvalue weighted by atomic mass is 32.1. The Labute approximate surface area is 239 Å². The van der Waals surface area contributed by atoms with E-state index in [-0.39, 0.29) is 23.0 Å². The summed E-state index contributed by atoms with van der Waals surface area (Å²) in [6.45, 7) is 0.600. The van der Waals surface area contributed by atoms with Crippen LogP contribution >= 0.6 is 12.2 Å². The van der Waals surface area contributed by atoms with Crippen molar-refractivity contribution in [3.05, 3.63) is 120 Å². The Hall–Kier alpha value is -4.90. The summed E-state index contributed by atoms with van der Waals surface area (Å²) >= 11 is 5.24. The number of thiocarbonyl (C=S) groups is 1. The van der Waals surface area contributed by atoms with Gasteiger partial charge in [0.15, 0.2) is 5.11 Å². The maximum Gasteiger partial charge on any atom is 0.416 e. The van der Waals surface area contributed by atoms with Crippen molar-refractivity contribution in [1.82, 2.24) is 5.32 Å². The Kier molecular flexibility index (Phi) is 9.54. The van der Waals surface area contributed by atoms with Crippen LogP contribution in [0, 0.1) is 0 Å². The zero-order valence-corrected chi connectivity index (χ0v) is 22.2. The Balaban J connectivity index is 1.29. The summed E-state index contributed by atoms with van der Waals surface area (Å²) in [5.74, 6) is 0.112. The van der Waals surface area contributed by atoms with Gasteiger partial charge in [-0.2, -0.15) is 13.2 Å². The molecule has 0 saturated carbocycles. The lowest BCUT2D eigenvalue weighted by Crippen LogP contribution is -2.34. The van der Waals surface area contributed by atoms with Crippen LogP contribution in [0.1, 0.15) is 26.3 Å². The minimum absolute atomic E-state index is 0.000835. The summed E-state index contributed by atoms with van der Waals surface area (Å²) in [5.41, 5.74) is -0.00291. The number of carbonyl (C=O) groups excluding carboxylic acids is 2. The highest BCUT2D eigenvalue weighted by Gasteiger charge is 2.30. The van der Waals surface area contributed by atoms with E-state index in [9.17, 15) is 22.8 Å². The van der Waals surface area contributed by atoms with Crippen LogP contribution in [-0.4, -0.2) is 30.1 Å². The van der Waals surface area contributed by atoms with Crippen molar-refractivity contribution >= 4 is 40.5 Å². The fourth-order valence-corrected chi connectivity index (χ4v) is 3.83. The Bertz CT molecular complexity index is 1530. The third-order valence-electron chi connectivity index (χ3n) is 5.52. The van der Waals surface area contributed by atoms with Gasteiger partial charge in [0.2, 0.25) is 0 Å². The molecule has 0 heterocycles. The maximum atomic E-state index is 13.0. The maximum absolute atomic E-state index is 13.0. The van der Waals surface area contributed by atoms with Crippen LogP contribution in [0.3, 0.4) is 0 Å². The van der Waals surface area contributed by atoms with Crippen molar-refractivity contribution in [2.75, 3.05) is 23.8 Å². The quantitative estimate of drug-likeness (QED) is 0.154. The van der Waals surface area contributed by atoms with Gasteiger partial charge in [-0.25, -0.2) is 0 Å². The predicted molar refractivity (Wildman–Crippen MR) is 153 cm³/mol. The van der Waals surface area contributed by atoms with Gasteiger partial charge in [-0.15, -0.1) is 0 Å². The van der Waals surface area contributed by atoms with Crippen molar-refractivity contribution < 1.29 is 32.2 Å². The zero-order chi connectivity index (χ0) is 29.2. The molecule has 4 aromatic rings. The summed E-state index contributed by atoms with van der Waals surface area (Å²) in [5, 5.41) is 7.82. The summed E-state index contributed by atoms with van der Waals surface area (Å²) in [7, 11) is 0. The lowest BCUT2D eigenvalue weighted by Gasteiger charge is -2.12. The highest BCUT2D eigenvalue weighted by molar-refractivity contribution is 7.80. The zero-order valence-electron chi connectivity index (χ0n) is 21.4. The van der Waals surface area contributed by atoms with Gasteiger partial charge < -0.3 is 20.1 Å². The van der Waals surface area contributed by atoms with Gasteiger partial charge in [-0.05, 0) is 78.9 Å². The molecule has 4 rings (SSSR count). The molecule has 7 nitrogen and oxygen atoms in total. The summed E-state index contributed by atoms with van der Waals surface area (Å²) < 4.78 is 50.2. The molecule has 210 valence electrons. The van der Waals surface area contributed by atoms with Gasteiger partial charge in [0.1, 0.15) is 24.7 Å². The molecule has 0 aromatic heterocycles. The number of halogens is 3. The molecule has 0 spiro atoms. The first-order chi connectivity index (χ1) is 19.7. The van der Waals surface area contributed by atoms with Crippen molar-refractivity contribution in [3.8, 4) is 11.5 Å². The molecule has 0 aliphatic carbocycles. The SMILES string of the molecule is O=C(NC(=S)Nc1cccc(C(=O)Nc2cccc(C(F)(F)F)c2)c1)c1cccc(OCCOc2ccccc2)c1. The van der Waals surface area contributed by atoms with E-state index in [1.165, 1.54) is 24.3 Å². The first kappa shape index (κ1) is 29.1. The van der Waals surface area contributed by atoms with E-state index in [1.807, 2.05) is 30.3 Å². The van der Waals surface area contributed by atoms with E-state index in [2.05, 4.69) is 16.0 Å². The van der Waals surface area contributed by atoms with Crippen molar-refractivity contribution in [2.24, 2.45) is 0 Å². The van der Waals surface area contributed by atoms with Crippen LogP contribution in [0.25, 0.3) is 0 Å². The van der Waals surface area contributed by atoms with Crippen LogP contribution in [-0.2, 0) is 6.18 Å². The number of carbonyl (C=O) groups is 2. The number of ether oxygens (including phenoxy) is 2. The number of amides is 2. The standard InChI is InChI=1S/C30H24F3N3O4S/c31-30(32,33)22-9-6-11-24(19-22)34-27(37)20-7-4-10-23(17-20)35-29(41)36-28(38)21-8-5-14-26(18-21)40-16-15-39-25-12-2-1-3-13-25/h1-14,17-19H,15-16H2,(H,34,37)(H2,35,36,38,41). The lowest BCUT2D eigenvalue weighted by atomic mass is 10.1. The van der Waals surface area contributed by atoms with Gasteiger partial charge >= 0.3 is 6.18 Å². The molecule has 0 unspecified atom stereocenters. The van der Waals surface area contributed by atoms with Crippen molar-refractivity contribution in [1.29, 1.82) is 0 Å². The predicted octanol–water partition coefficient (Wildman–Crippen LogP) is 6.54. The average molecular weight is 580 g/mol. The highest BCUT2D eigenvalue weighted by Crippen LogP contribution is 2.30. The van der Waals surface area contributed by atoms with Crippen LogP contribution in [0.15, 0.2) is 103 Å². The van der Waals surface area contributed by atoms with Gasteiger partial charge in [0.05, 0.1) is 5.56 Å². The average Bonchev–Trinajstić information content (AvgIpc) is 2.96. The van der Waals surface area contributed by atoms with Gasteiger partial charge in [-0.1, -0.05) is 36.4 Å². The minimum Gasteiger partial charge on any atom is -0.490 e. The second-order valence-corrected chi connectivity index (χ2v) is 8.97. The summed E-state index contributed by atoms with van der Waals surface area (Å²) in [6.07, 6.45) is -4.53. The van der Waals surface area contributed by atoms with Crippen molar-refractivity contribution in [2.45, 2.75) is 6.18 Å². The van der Waals surface area contributed by atoms with E-state index >= 15 is 0 Å². The number of benzene rings is 4. The summed E-state index contributed by atoms with van der Waals surface area (Å²) in [4.78, 5) is 25.4. The minimum atomic E-state index is -4.53. The van der Waals surface area contributed by atoms with Crippen LogP contribution in [0.4, 0.5) is 24.5 Å². The fourth-order valence-electron chi connectivity index (χ4n) is 3.62. The van der Waals surface area contributed by atoms with Gasteiger partial charge in [0, 0.05) is 22.5 Å². The molecule has 0 aliphatic heterocycles. The molecule has 0 aliphatic rings. The van der Waals surface area contributed by atoms with E-state index in [1.54, 1.807) is 36.4 Å². The number of nitrogens with one attached hydrogen (secondary N) is 3. The number of hydrogen-bond donors (Lipinski definition) is 3. The molecule has 11 heteroatoms. The first-order valence-corrected chi connectivity index (χ1v) is 12.7. The Morgan fingerprint density at radius 3 is 1.95 bits per heavy atom. The monoisotopic (exact) mass is 579 g/mol. The van der Waals surface area contributed by atoms with Crippen LogP contribution in [0.2, 0.25) is 0 Å². The fraction of sp³-hybridized carbons (Fsp3) is 0.100. The van der Waals surface area contributed by atoms with Crippen LogP contribution in [0.5, 0.6) is 11.5 Å². The number of para-hydroxylation sites is 1. The number of rotatable bonds is 9. The molecule has 0 radical (unpaired) electrons. The lowest BCUT2D eigenvalue weighted by molar-refractivity contribution is -0.137. The largest absolute Gasteiger partial charge is 0.490 e. The molecule has 4 aromatic carbocycles. The molecule has 0 atom stereocenters. The van der Waals surface area contributed by atoms with E-state index in [4.69, 9.17) is 21.7 Å². The van der Waals surface area contributed by atoms with Gasteiger partial charge in [-0.3, -0.25) is 14.9 Å².